The fourth-order valence-corrected chi connectivity index (χ4v) is 3.27. The number of fused-ring (bicyclic) bond motifs is 1. The number of amides is 1. The first-order chi connectivity index (χ1) is 13.2. The summed E-state index contributed by atoms with van der Waals surface area (Å²) in [6.45, 7) is 1.87. The minimum Gasteiger partial charge on any atom is -0.323 e. The van der Waals surface area contributed by atoms with E-state index in [2.05, 4.69) is 32.8 Å². The number of hydrogen-bond donors (Lipinski definition) is 2. The number of pyridine rings is 1. The third-order valence-electron chi connectivity index (χ3n) is 4.64. The highest BCUT2D eigenvalue weighted by atomic mass is 16.1. The Labute approximate surface area is 157 Å². The van der Waals surface area contributed by atoms with E-state index in [1.807, 2.05) is 25.4 Å². The Bertz CT molecular complexity index is 1010. The van der Waals surface area contributed by atoms with Crippen LogP contribution in [0.1, 0.15) is 16.7 Å². The molecule has 6 heteroatoms. The van der Waals surface area contributed by atoms with Crippen molar-refractivity contribution in [2.45, 2.75) is 13.0 Å². The molecule has 6 nitrogen and oxygen atoms in total. The van der Waals surface area contributed by atoms with Crippen LogP contribution >= 0.6 is 0 Å². The maximum Gasteiger partial charge on any atom is 0.248 e. The summed E-state index contributed by atoms with van der Waals surface area (Å²) in [6.07, 6.45) is 11.5. The van der Waals surface area contributed by atoms with E-state index >= 15 is 0 Å². The van der Waals surface area contributed by atoms with Crippen LogP contribution in [0.3, 0.4) is 0 Å². The van der Waals surface area contributed by atoms with Crippen molar-refractivity contribution in [3.8, 4) is 11.1 Å². The van der Waals surface area contributed by atoms with Crippen molar-refractivity contribution in [2.24, 2.45) is 7.05 Å². The zero-order valence-corrected chi connectivity index (χ0v) is 15.1. The topological polar surface area (TPSA) is 71.8 Å². The van der Waals surface area contributed by atoms with E-state index < -0.39 is 0 Å². The number of nitrogens with zero attached hydrogens (tertiary/aromatic N) is 3. The number of benzene rings is 1. The Morgan fingerprint density at radius 2 is 2.19 bits per heavy atom. The third-order valence-corrected chi connectivity index (χ3v) is 4.64. The van der Waals surface area contributed by atoms with E-state index in [9.17, 15) is 4.79 Å². The summed E-state index contributed by atoms with van der Waals surface area (Å²) in [7, 11) is 1.88. The second-order valence-corrected chi connectivity index (χ2v) is 6.60. The number of carbonyl (C=O) groups excluding carboxylic acids is 1. The molecule has 4 rings (SSSR count). The summed E-state index contributed by atoms with van der Waals surface area (Å²) in [6, 6.07) is 8.00. The van der Waals surface area contributed by atoms with Gasteiger partial charge in [-0.15, -0.1) is 0 Å². The van der Waals surface area contributed by atoms with Crippen LogP contribution in [0.4, 0.5) is 5.69 Å². The molecule has 0 unspecified atom stereocenters. The van der Waals surface area contributed by atoms with Gasteiger partial charge in [-0.2, -0.15) is 5.10 Å². The van der Waals surface area contributed by atoms with Crippen LogP contribution in [0.5, 0.6) is 0 Å². The molecule has 1 aliphatic rings. The van der Waals surface area contributed by atoms with Crippen molar-refractivity contribution < 1.29 is 4.79 Å². The van der Waals surface area contributed by atoms with Gasteiger partial charge in [0.15, 0.2) is 0 Å². The Hall–Kier alpha value is -3.25. The molecule has 0 saturated carbocycles. The molecule has 0 radical (unpaired) electrons. The molecule has 2 N–H and O–H groups in total. The minimum absolute atomic E-state index is 0.162. The zero-order chi connectivity index (χ0) is 18.6. The van der Waals surface area contributed by atoms with Crippen LogP contribution in [-0.4, -0.2) is 27.2 Å². The summed E-state index contributed by atoms with van der Waals surface area (Å²) < 4.78 is 1.75. The van der Waals surface area contributed by atoms with Gasteiger partial charge in [0.05, 0.1) is 6.20 Å². The molecular formula is C21H21N5O. The van der Waals surface area contributed by atoms with E-state index in [0.717, 1.165) is 41.9 Å². The summed E-state index contributed by atoms with van der Waals surface area (Å²) in [5.74, 6) is -0.162. The van der Waals surface area contributed by atoms with Gasteiger partial charge in [-0.05, 0) is 53.9 Å². The molecule has 0 aliphatic carbocycles. The van der Waals surface area contributed by atoms with E-state index in [4.69, 9.17) is 0 Å². The fourth-order valence-electron chi connectivity index (χ4n) is 3.27. The summed E-state index contributed by atoms with van der Waals surface area (Å²) >= 11 is 0. The van der Waals surface area contributed by atoms with E-state index in [-0.39, 0.29) is 5.91 Å². The smallest absolute Gasteiger partial charge is 0.248 e. The fraction of sp³-hybridized carbons (Fsp3) is 0.190. The van der Waals surface area contributed by atoms with Crippen LogP contribution in [0, 0.1) is 0 Å². The van der Waals surface area contributed by atoms with Gasteiger partial charge >= 0.3 is 0 Å². The molecule has 0 atom stereocenters. The molecule has 3 heterocycles. The standard InChI is InChI=1S/C21H21N5O/c1-26-14-18(13-24-26)20-7-9-23-12-17(20)3-5-21(27)25-19-4-2-16-11-22-8-6-15(16)10-19/h2-5,7,9-10,12-14,22H,6,8,11H2,1H3,(H,25,27)/b5-3+. The number of rotatable bonds is 4. The van der Waals surface area contributed by atoms with Crippen molar-refractivity contribution in [1.29, 1.82) is 0 Å². The second kappa shape index (κ2) is 7.55. The van der Waals surface area contributed by atoms with Gasteiger partial charge in [-0.1, -0.05) is 6.07 Å². The largest absolute Gasteiger partial charge is 0.323 e. The third kappa shape index (κ3) is 3.96. The van der Waals surface area contributed by atoms with Gasteiger partial charge in [-0.3, -0.25) is 14.5 Å². The second-order valence-electron chi connectivity index (χ2n) is 6.60. The predicted octanol–water partition coefficient (Wildman–Crippen LogP) is 2.78. The Morgan fingerprint density at radius 1 is 1.26 bits per heavy atom. The Balaban J connectivity index is 1.49. The number of aryl methyl sites for hydroxylation is 1. The minimum atomic E-state index is -0.162. The highest BCUT2D eigenvalue weighted by Crippen LogP contribution is 2.23. The molecule has 3 aromatic rings. The predicted molar refractivity (Wildman–Crippen MR) is 106 cm³/mol. The average molecular weight is 359 g/mol. The lowest BCUT2D eigenvalue weighted by atomic mass is 10.0. The van der Waals surface area contributed by atoms with Gasteiger partial charge < -0.3 is 10.6 Å². The van der Waals surface area contributed by atoms with Crippen molar-refractivity contribution in [3.63, 3.8) is 0 Å². The van der Waals surface area contributed by atoms with Crippen LogP contribution in [-0.2, 0) is 24.8 Å². The normalized spacial score (nSPS) is 13.5. The Morgan fingerprint density at radius 3 is 3.04 bits per heavy atom. The number of nitrogens with one attached hydrogen (secondary N) is 2. The number of anilines is 1. The van der Waals surface area contributed by atoms with Crippen molar-refractivity contribution in [1.82, 2.24) is 20.1 Å². The average Bonchev–Trinajstić information content (AvgIpc) is 3.13. The SMILES string of the molecule is Cn1cc(-c2ccncc2/C=C/C(=O)Nc2ccc3c(c2)CCNC3)cn1. The molecule has 1 aromatic carbocycles. The van der Waals surface area contributed by atoms with Crippen molar-refractivity contribution in [2.75, 3.05) is 11.9 Å². The van der Waals surface area contributed by atoms with E-state index in [0.29, 0.717) is 0 Å². The molecule has 0 spiro atoms. The Kier molecular flexibility index (Phi) is 4.80. The van der Waals surface area contributed by atoms with E-state index in [1.54, 1.807) is 29.3 Å². The number of aromatic nitrogens is 3. The molecular weight excluding hydrogens is 338 g/mol. The van der Waals surface area contributed by atoms with Crippen LogP contribution in [0.15, 0.2) is 55.1 Å². The molecule has 136 valence electrons. The monoisotopic (exact) mass is 359 g/mol. The highest BCUT2D eigenvalue weighted by molar-refractivity contribution is 6.02. The molecule has 0 fully saturated rings. The summed E-state index contributed by atoms with van der Waals surface area (Å²) in [5.41, 5.74) is 6.26. The number of carbonyl (C=O) groups is 1. The molecule has 27 heavy (non-hydrogen) atoms. The number of hydrogen-bond acceptors (Lipinski definition) is 4. The molecule has 2 aromatic heterocycles. The van der Waals surface area contributed by atoms with Gasteiger partial charge in [0.25, 0.3) is 0 Å². The highest BCUT2D eigenvalue weighted by Gasteiger charge is 2.10. The quantitative estimate of drug-likeness (QED) is 0.703. The zero-order valence-electron chi connectivity index (χ0n) is 15.1. The van der Waals surface area contributed by atoms with E-state index in [1.165, 1.54) is 17.2 Å². The lowest BCUT2D eigenvalue weighted by molar-refractivity contribution is -0.111. The first kappa shape index (κ1) is 17.2. The first-order valence-corrected chi connectivity index (χ1v) is 8.94. The van der Waals surface area contributed by atoms with Crippen molar-refractivity contribution >= 4 is 17.7 Å². The van der Waals surface area contributed by atoms with Crippen LogP contribution < -0.4 is 10.6 Å². The molecule has 1 amide bonds. The summed E-state index contributed by atoms with van der Waals surface area (Å²) in [5, 5.41) is 10.5. The molecule has 1 aliphatic heterocycles. The lowest BCUT2D eigenvalue weighted by Crippen LogP contribution is -2.23. The molecule has 0 saturated heterocycles. The maximum absolute atomic E-state index is 12.4. The van der Waals surface area contributed by atoms with Gasteiger partial charge in [0.1, 0.15) is 0 Å². The van der Waals surface area contributed by atoms with Crippen LogP contribution in [0.2, 0.25) is 0 Å². The van der Waals surface area contributed by atoms with Gasteiger partial charge in [-0.25, -0.2) is 0 Å². The van der Waals surface area contributed by atoms with Gasteiger partial charge in [0.2, 0.25) is 5.91 Å². The van der Waals surface area contributed by atoms with Gasteiger partial charge in [0, 0.05) is 55.1 Å². The first-order valence-electron chi connectivity index (χ1n) is 8.94. The lowest BCUT2D eigenvalue weighted by Gasteiger charge is -2.17. The maximum atomic E-state index is 12.4. The van der Waals surface area contributed by atoms with Crippen molar-refractivity contribution in [3.05, 3.63) is 71.8 Å². The molecule has 0 bridgehead atoms. The summed E-state index contributed by atoms with van der Waals surface area (Å²) in [4.78, 5) is 16.5. The van der Waals surface area contributed by atoms with Crippen LogP contribution in [0.25, 0.3) is 17.2 Å².